The van der Waals surface area contributed by atoms with Crippen molar-refractivity contribution in [2.75, 3.05) is 0 Å². The minimum Gasteiger partial charge on any atom is -0.488 e. The van der Waals surface area contributed by atoms with Crippen LogP contribution in [-0.4, -0.2) is 41.4 Å². The number of halogens is 13. The van der Waals surface area contributed by atoms with E-state index in [9.17, 15) is 57.1 Å². The second kappa shape index (κ2) is 8.01. The maximum absolute atomic E-state index is 13.7. The molecule has 0 spiro atoms. The van der Waals surface area contributed by atoms with Gasteiger partial charge in [0.05, 0.1) is 0 Å². The zero-order valence-electron chi connectivity index (χ0n) is 16.3. The Kier molecular flexibility index (Phi) is 6.98. The van der Waals surface area contributed by atoms with Crippen LogP contribution in [0.15, 0.2) is 30.3 Å². The lowest BCUT2D eigenvalue weighted by Crippen LogP contribution is -2.69. The molecule has 0 heterocycles. The van der Waals surface area contributed by atoms with E-state index in [1.807, 2.05) is 0 Å². The highest BCUT2D eigenvalue weighted by Gasteiger charge is 2.90. The number of hydrogen-bond acceptors (Lipinski definition) is 1. The third-order valence-electron chi connectivity index (χ3n) is 3.75. The summed E-state index contributed by atoms with van der Waals surface area (Å²) in [7, 11) is 0. The maximum atomic E-state index is 13.7. The van der Waals surface area contributed by atoms with Gasteiger partial charge < -0.3 is 4.74 Å². The highest BCUT2D eigenvalue weighted by Crippen LogP contribution is 2.60. The van der Waals surface area contributed by atoms with Crippen molar-refractivity contribution in [1.29, 1.82) is 0 Å². The zero-order chi connectivity index (χ0) is 25.6. The van der Waals surface area contributed by atoms with Crippen molar-refractivity contribution in [2.24, 2.45) is 0 Å². The molecule has 0 aliphatic heterocycles. The van der Waals surface area contributed by atoms with Crippen molar-refractivity contribution < 1.29 is 61.8 Å². The molecule has 0 radical (unpaired) electrons. The van der Waals surface area contributed by atoms with E-state index in [2.05, 4.69) is 0 Å². The normalized spacial score (nSPS) is 15.4. The highest BCUT2D eigenvalue weighted by molar-refractivity contribution is 5.52. The average molecular weight is 494 g/mol. The molecule has 0 N–H and O–H groups in total. The molecule has 1 aromatic rings. The largest absolute Gasteiger partial charge is 0.488 e. The topological polar surface area (TPSA) is 9.23 Å². The van der Waals surface area contributed by atoms with E-state index < -0.39 is 47.5 Å². The summed E-state index contributed by atoms with van der Waals surface area (Å²) in [5.74, 6) is -36.9. The van der Waals surface area contributed by atoms with Crippen molar-refractivity contribution in [3.63, 3.8) is 0 Å². The lowest BCUT2D eigenvalue weighted by Gasteiger charge is -2.39. The van der Waals surface area contributed by atoms with E-state index in [4.69, 9.17) is 4.74 Å². The Hall–Kier alpha value is -2.15. The van der Waals surface area contributed by atoms with Gasteiger partial charge in [-0.05, 0) is 44.5 Å². The fourth-order valence-corrected chi connectivity index (χ4v) is 2.09. The second-order valence-electron chi connectivity index (χ2n) is 7.54. The Bertz CT molecular complexity index is 815. The molecule has 0 unspecified atom stereocenters. The summed E-state index contributed by atoms with van der Waals surface area (Å²) in [5.41, 5.74) is -1.06. The van der Waals surface area contributed by atoms with Crippen molar-refractivity contribution in [1.82, 2.24) is 0 Å². The Labute approximate surface area is 172 Å². The molecule has 1 rings (SSSR count). The Morgan fingerprint density at radius 1 is 0.594 bits per heavy atom. The number of ether oxygens (including phenoxy) is 1. The molecule has 0 atom stereocenters. The predicted molar refractivity (Wildman–Crippen MR) is 86.6 cm³/mol. The molecule has 0 amide bonds. The maximum Gasteiger partial charge on any atom is 0.460 e. The van der Waals surface area contributed by atoms with Crippen LogP contribution in [0.1, 0.15) is 26.3 Å². The highest BCUT2D eigenvalue weighted by atomic mass is 19.4. The lowest BCUT2D eigenvalue weighted by molar-refractivity contribution is -0.436. The molecule has 0 bridgehead atoms. The van der Waals surface area contributed by atoms with E-state index in [-0.39, 0.29) is 17.4 Å². The van der Waals surface area contributed by atoms with Crippen LogP contribution in [0.5, 0.6) is 5.75 Å². The first-order chi connectivity index (χ1) is 13.9. The molecule has 14 heteroatoms. The van der Waals surface area contributed by atoms with Gasteiger partial charge in [0.1, 0.15) is 11.4 Å². The van der Waals surface area contributed by atoms with Crippen LogP contribution in [0.4, 0.5) is 57.1 Å². The molecule has 32 heavy (non-hydrogen) atoms. The molecule has 0 saturated heterocycles. The monoisotopic (exact) mass is 494 g/mol. The third-order valence-corrected chi connectivity index (χ3v) is 3.75. The predicted octanol–water partition coefficient (Wildman–Crippen LogP) is 7.62. The van der Waals surface area contributed by atoms with Crippen molar-refractivity contribution in [3.05, 3.63) is 35.9 Å². The van der Waals surface area contributed by atoms with Crippen LogP contribution in [-0.2, 0) is 0 Å². The second-order valence-corrected chi connectivity index (χ2v) is 7.54. The van der Waals surface area contributed by atoms with Crippen molar-refractivity contribution in [2.45, 2.75) is 62.2 Å². The van der Waals surface area contributed by atoms with E-state index >= 15 is 0 Å². The van der Waals surface area contributed by atoms with Gasteiger partial charge in [0.25, 0.3) is 0 Å². The van der Waals surface area contributed by atoms with E-state index in [0.29, 0.717) is 0 Å². The minimum atomic E-state index is -7.91. The Morgan fingerprint density at radius 3 is 1.38 bits per heavy atom. The molecule has 1 nitrogen and oxygen atoms in total. The van der Waals surface area contributed by atoms with Gasteiger partial charge in [-0.3, -0.25) is 0 Å². The summed E-state index contributed by atoms with van der Waals surface area (Å²) in [6.45, 7) is 4.92. The molecule has 184 valence electrons. The Morgan fingerprint density at radius 2 is 1.00 bits per heavy atom. The number of alkyl halides is 13. The molecule has 0 aromatic heterocycles. The zero-order valence-corrected chi connectivity index (χ0v) is 16.3. The molecule has 0 fully saturated rings. The SMILES string of the molecule is CC(C)(C)Oc1ccc(/C=C/C(F)(F)C(F)(F)C(F)(F)C(F)(F)C(F)(F)C(F)(F)F)cc1. The summed E-state index contributed by atoms with van der Waals surface area (Å²) < 4.78 is 175. The van der Waals surface area contributed by atoms with Gasteiger partial charge in [0, 0.05) is 0 Å². The van der Waals surface area contributed by atoms with Gasteiger partial charge in [-0.25, -0.2) is 0 Å². The average Bonchev–Trinajstić information content (AvgIpc) is 2.58. The standard InChI is InChI=1S/C18H15F13O/c1-12(2,3)32-11-6-4-10(5-7-11)8-9-13(19,20)14(21,22)15(23,24)16(25,26)17(27,28)18(29,30)31/h4-9H,1-3H3/b9-8+. The fourth-order valence-electron chi connectivity index (χ4n) is 2.09. The fraction of sp³-hybridized carbons (Fsp3) is 0.556. The number of hydrogen-bond donors (Lipinski definition) is 0. The van der Waals surface area contributed by atoms with Crippen LogP contribution in [0.2, 0.25) is 0 Å². The molecule has 1 aromatic carbocycles. The van der Waals surface area contributed by atoms with Crippen LogP contribution >= 0.6 is 0 Å². The summed E-state index contributed by atoms with van der Waals surface area (Å²) in [6, 6.07) is 4.23. The van der Waals surface area contributed by atoms with Crippen molar-refractivity contribution in [3.8, 4) is 5.75 Å². The van der Waals surface area contributed by atoms with Crippen LogP contribution in [0, 0.1) is 0 Å². The molecule has 0 aliphatic rings. The summed E-state index contributed by atoms with van der Waals surface area (Å²) in [5, 5.41) is 0. The minimum absolute atomic E-state index is 0.0604. The van der Waals surface area contributed by atoms with Gasteiger partial charge in [0.2, 0.25) is 0 Å². The first-order valence-electron chi connectivity index (χ1n) is 8.35. The first kappa shape index (κ1) is 27.9. The molecule has 0 aliphatic carbocycles. The summed E-state index contributed by atoms with van der Waals surface area (Å²) in [4.78, 5) is 0. The van der Waals surface area contributed by atoms with Crippen LogP contribution in [0.25, 0.3) is 6.08 Å². The van der Waals surface area contributed by atoms with E-state index in [1.54, 1.807) is 20.8 Å². The van der Waals surface area contributed by atoms with Crippen molar-refractivity contribution >= 4 is 6.08 Å². The first-order valence-corrected chi connectivity index (χ1v) is 8.35. The van der Waals surface area contributed by atoms with Gasteiger partial charge in [0.15, 0.2) is 0 Å². The summed E-state index contributed by atoms with van der Waals surface area (Å²) in [6.07, 6.45) is -8.38. The smallest absolute Gasteiger partial charge is 0.460 e. The quantitative estimate of drug-likeness (QED) is 0.355. The number of allylic oxidation sites excluding steroid dienone is 1. The van der Waals surface area contributed by atoms with Gasteiger partial charge in [-0.1, -0.05) is 18.2 Å². The third kappa shape index (κ3) is 4.92. The van der Waals surface area contributed by atoms with Crippen LogP contribution in [0.3, 0.4) is 0 Å². The van der Waals surface area contributed by atoms with Gasteiger partial charge >= 0.3 is 35.8 Å². The van der Waals surface area contributed by atoms with Gasteiger partial charge in [-0.15, -0.1) is 0 Å². The van der Waals surface area contributed by atoms with E-state index in [1.165, 1.54) is 0 Å². The number of benzene rings is 1. The molecular weight excluding hydrogens is 479 g/mol. The van der Waals surface area contributed by atoms with Gasteiger partial charge in [-0.2, -0.15) is 57.1 Å². The number of rotatable bonds is 7. The Balaban J connectivity index is 3.28. The van der Waals surface area contributed by atoms with Crippen LogP contribution < -0.4 is 4.74 Å². The molecular formula is C18H15F13O. The van der Waals surface area contributed by atoms with E-state index in [0.717, 1.165) is 24.3 Å². The summed E-state index contributed by atoms with van der Waals surface area (Å²) >= 11 is 0. The lowest BCUT2D eigenvalue weighted by atomic mass is 9.93. The molecule has 0 saturated carbocycles.